The fourth-order valence-corrected chi connectivity index (χ4v) is 1.51. The van der Waals surface area contributed by atoms with E-state index in [0.717, 1.165) is 24.5 Å². The fraction of sp³-hybridized carbons (Fsp3) is 0.500. The first-order valence-corrected chi connectivity index (χ1v) is 6.12. The standard InChI is InChI=1S/C12H18N4O2/c1-3-13-6-10-5-11(18-15-10)9-17-12-7-14-16(4-2)8-12/h5,7-8,13H,3-4,6,9H2,1-2H3. The average molecular weight is 250 g/mol. The van der Waals surface area contributed by atoms with Crippen LogP contribution < -0.4 is 10.1 Å². The zero-order valence-corrected chi connectivity index (χ0v) is 10.7. The first kappa shape index (κ1) is 12.6. The lowest BCUT2D eigenvalue weighted by atomic mass is 10.3. The molecule has 1 N–H and O–H groups in total. The van der Waals surface area contributed by atoms with Crippen LogP contribution in [0.5, 0.6) is 5.75 Å². The van der Waals surface area contributed by atoms with Gasteiger partial charge in [0.1, 0.15) is 6.61 Å². The number of aromatic nitrogens is 3. The Bertz CT molecular complexity index is 478. The Balaban J connectivity index is 1.84. The van der Waals surface area contributed by atoms with Gasteiger partial charge in [-0.1, -0.05) is 12.1 Å². The van der Waals surface area contributed by atoms with Crippen molar-refractivity contribution in [1.82, 2.24) is 20.3 Å². The lowest BCUT2D eigenvalue weighted by Gasteiger charge is -1.98. The molecule has 0 radical (unpaired) electrons. The second-order valence-corrected chi connectivity index (χ2v) is 3.89. The lowest BCUT2D eigenvalue weighted by Crippen LogP contribution is -2.11. The van der Waals surface area contributed by atoms with Gasteiger partial charge in [-0.2, -0.15) is 5.10 Å². The summed E-state index contributed by atoms with van der Waals surface area (Å²) in [5.74, 6) is 1.45. The van der Waals surface area contributed by atoms with Crippen molar-refractivity contribution in [3.63, 3.8) is 0 Å². The predicted octanol–water partition coefficient (Wildman–Crippen LogP) is 1.58. The predicted molar refractivity (Wildman–Crippen MR) is 66.1 cm³/mol. The molecule has 18 heavy (non-hydrogen) atoms. The molecule has 0 aliphatic carbocycles. The Kier molecular flexibility index (Phi) is 4.35. The van der Waals surface area contributed by atoms with E-state index in [2.05, 4.69) is 22.5 Å². The second-order valence-electron chi connectivity index (χ2n) is 3.89. The highest BCUT2D eigenvalue weighted by Crippen LogP contribution is 2.12. The van der Waals surface area contributed by atoms with Crippen LogP contribution in [0.2, 0.25) is 0 Å². The zero-order valence-electron chi connectivity index (χ0n) is 10.7. The molecule has 0 fully saturated rings. The molecule has 0 bridgehead atoms. The van der Waals surface area contributed by atoms with Gasteiger partial charge in [0.15, 0.2) is 11.5 Å². The van der Waals surface area contributed by atoms with Gasteiger partial charge in [-0.3, -0.25) is 4.68 Å². The van der Waals surface area contributed by atoms with Crippen LogP contribution >= 0.6 is 0 Å². The van der Waals surface area contributed by atoms with Crippen LogP contribution in [-0.4, -0.2) is 21.5 Å². The van der Waals surface area contributed by atoms with Crippen LogP contribution in [0.25, 0.3) is 0 Å². The summed E-state index contributed by atoms with van der Waals surface area (Å²) in [7, 11) is 0. The van der Waals surface area contributed by atoms with E-state index in [0.29, 0.717) is 18.9 Å². The summed E-state index contributed by atoms with van der Waals surface area (Å²) < 4.78 is 12.5. The Morgan fingerprint density at radius 3 is 3.06 bits per heavy atom. The van der Waals surface area contributed by atoms with E-state index in [-0.39, 0.29) is 0 Å². The molecule has 6 heteroatoms. The van der Waals surface area contributed by atoms with Gasteiger partial charge in [-0.25, -0.2) is 0 Å². The van der Waals surface area contributed by atoms with E-state index in [1.165, 1.54) is 0 Å². The number of aryl methyl sites for hydroxylation is 1. The SMILES string of the molecule is CCNCc1cc(COc2cnn(CC)c2)on1. The largest absolute Gasteiger partial charge is 0.482 e. The molecule has 0 aliphatic heterocycles. The maximum atomic E-state index is 5.55. The lowest BCUT2D eigenvalue weighted by molar-refractivity contribution is 0.248. The maximum Gasteiger partial charge on any atom is 0.174 e. The minimum absolute atomic E-state index is 0.370. The number of hydrogen-bond donors (Lipinski definition) is 1. The molecule has 0 atom stereocenters. The molecule has 0 unspecified atom stereocenters. The third kappa shape index (κ3) is 3.33. The monoisotopic (exact) mass is 250 g/mol. The summed E-state index contributed by atoms with van der Waals surface area (Å²) in [5, 5.41) is 11.3. The maximum absolute atomic E-state index is 5.55. The summed E-state index contributed by atoms with van der Waals surface area (Å²) in [6, 6.07) is 1.90. The van der Waals surface area contributed by atoms with E-state index in [1.807, 2.05) is 23.9 Å². The highest BCUT2D eigenvalue weighted by molar-refractivity contribution is 5.13. The molecular formula is C12H18N4O2. The van der Waals surface area contributed by atoms with E-state index in [1.54, 1.807) is 6.20 Å². The smallest absolute Gasteiger partial charge is 0.174 e. The second kappa shape index (κ2) is 6.20. The molecule has 0 saturated heterocycles. The number of rotatable bonds is 7. The first-order chi connectivity index (χ1) is 8.81. The molecule has 2 aromatic heterocycles. The van der Waals surface area contributed by atoms with Crippen molar-refractivity contribution >= 4 is 0 Å². The van der Waals surface area contributed by atoms with Crippen molar-refractivity contribution in [3.8, 4) is 5.75 Å². The molecule has 98 valence electrons. The minimum atomic E-state index is 0.370. The average Bonchev–Trinajstić information content (AvgIpc) is 3.03. The molecule has 0 aliphatic rings. The quantitative estimate of drug-likeness (QED) is 0.808. The Morgan fingerprint density at radius 2 is 2.33 bits per heavy atom. The summed E-state index contributed by atoms with van der Waals surface area (Å²) >= 11 is 0. The molecule has 6 nitrogen and oxygen atoms in total. The normalized spacial score (nSPS) is 10.8. The summed E-state index contributed by atoms with van der Waals surface area (Å²) in [6.45, 7) is 6.91. The molecule has 0 amide bonds. The van der Waals surface area contributed by atoms with E-state index >= 15 is 0 Å². The summed E-state index contributed by atoms with van der Waals surface area (Å²) in [4.78, 5) is 0. The summed E-state index contributed by atoms with van der Waals surface area (Å²) in [5.41, 5.74) is 0.889. The topological polar surface area (TPSA) is 65.1 Å². The van der Waals surface area contributed by atoms with Crippen LogP contribution in [-0.2, 0) is 19.7 Å². The van der Waals surface area contributed by atoms with Crippen molar-refractivity contribution in [2.75, 3.05) is 6.54 Å². The molecule has 0 spiro atoms. The number of nitrogens with zero attached hydrogens (tertiary/aromatic N) is 3. The minimum Gasteiger partial charge on any atom is -0.482 e. The van der Waals surface area contributed by atoms with Gasteiger partial charge in [0.25, 0.3) is 0 Å². The van der Waals surface area contributed by atoms with Crippen molar-refractivity contribution in [3.05, 3.63) is 29.9 Å². The van der Waals surface area contributed by atoms with Crippen molar-refractivity contribution in [2.45, 2.75) is 33.5 Å². The van der Waals surface area contributed by atoms with Crippen LogP contribution in [0.1, 0.15) is 25.3 Å². The van der Waals surface area contributed by atoms with Gasteiger partial charge in [0, 0.05) is 19.2 Å². The summed E-state index contributed by atoms with van der Waals surface area (Å²) in [6.07, 6.45) is 3.55. The van der Waals surface area contributed by atoms with Gasteiger partial charge in [0.2, 0.25) is 0 Å². The van der Waals surface area contributed by atoms with E-state index in [9.17, 15) is 0 Å². The van der Waals surface area contributed by atoms with Gasteiger partial charge >= 0.3 is 0 Å². The third-order valence-corrected chi connectivity index (χ3v) is 2.48. The Morgan fingerprint density at radius 1 is 1.44 bits per heavy atom. The van der Waals surface area contributed by atoms with E-state index < -0.39 is 0 Å². The van der Waals surface area contributed by atoms with Crippen molar-refractivity contribution < 1.29 is 9.26 Å². The van der Waals surface area contributed by atoms with Crippen molar-refractivity contribution in [2.24, 2.45) is 0 Å². The molecule has 0 saturated carbocycles. The molecule has 0 aromatic carbocycles. The molecule has 2 heterocycles. The van der Waals surface area contributed by atoms with E-state index in [4.69, 9.17) is 9.26 Å². The Labute approximate surface area is 106 Å². The van der Waals surface area contributed by atoms with Crippen LogP contribution in [0.3, 0.4) is 0 Å². The highest BCUT2D eigenvalue weighted by Gasteiger charge is 2.05. The number of hydrogen-bond acceptors (Lipinski definition) is 5. The first-order valence-electron chi connectivity index (χ1n) is 6.12. The molecular weight excluding hydrogens is 232 g/mol. The van der Waals surface area contributed by atoms with Gasteiger partial charge in [-0.05, 0) is 13.5 Å². The van der Waals surface area contributed by atoms with Gasteiger partial charge < -0.3 is 14.6 Å². The molecule has 2 aromatic rings. The van der Waals surface area contributed by atoms with Crippen LogP contribution in [0, 0.1) is 0 Å². The zero-order chi connectivity index (χ0) is 12.8. The van der Waals surface area contributed by atoms with Crippen LogP contribution in [0.4, 0.5) is 0 Å². The third-order valence-electron chi connectivity index (χ3n) is 2.48. The van der Waals surface area contributed by atoms with Crippen molar-refractivity contribution in [1.29, 1.82) is 0 Å². The van der Waals surface area contributed by atoms with Crippen LogP contribution in [0.15, 0.2) is 23.0 Å². The Hall–Kier alpha value is -1.82. The highest BCUT2D eigenvalue weighted by atomic mass is 16.5. The molecule has 2 rings (SSSR count). The number of nitrogens with one attached hydrogen (secondary N) is 1. The van der Waals surface area contributed by atoms with Gasteiger partial charge in [-0.15, -0.1) is 0 Å². The van der Waals surface area contributed by atoms with Gasteiger partial charge in [0.05, 0.1) is 18.1 Å². The number of ether oxygens (including phenoxy) is 1. The fourth-order valence-electron chi connectivity index (χ4n) is 1.51.